The maximum atomic E-state index is 4.68. The van der Waals surface area contributed by atoms with Crippen LogP contribution in [-0.2, 0) is 26.6 Å². The zero-order valence-corrected chi connectivity index (χ0v) is 13.8. The highest BCUT2D eigenvalue weighted by molar-refractivity contribution is 5.24. The van der Waals surface area contributed by atoms with Crippen LogP contribution in [0, 0.1) is 19.8 Å². The number of hydrogen-bond donors (Lipinski definition) is 1. The highest BCUT2D eigenvalue weighted by atomic mass is 15.3. The van der Waals surface area contributed by atoms with E-state index in [1.54, 1.807) is 0 Å². The monoisotopic (exact) mass is 289 g/mol. The summed E-state index contributed by atoms with van der Waals surface area (Å²) in [6.45, 7) is 11.5. The van der Waals surface area contributed by atoms with E-state index in [0.717, 1.165) is 37.6 Å². The van der Waals surface area contributed by atoms with Gasteiger partial charge in [0.05, 0.1) is 5.69 Å². The lowest BCUT2D eigenvalue weighted by atomic mass is 10.2. The van der Waals surface area contributed by atoms with Crippen LogP contribution in [0.1, 0.15) is 36.6 Å². The third-order valence-electron chi connectivity index (χ3n) is 3.85. The van der Waals surface area contributed by atoms with Gasteiger partial charge in [-0.3, -0.25) is 4.68 Å². The lowest BCUT2D eigenvalue weighted by molar-refractivity contribution is 0.548. The Balaban J connectivity index is 1.99. The van der Waals surface area contributed by atoms with Crippen molar-refractivity contribution in [3.05, 3.63) is 35.2 Å². The standard InChI is InChI=1S/C16H27N5/c1-12(2)10-17-11-15-13(3)19-21(14(15)4)8-6-16-18-7-9-20(16)5/h7,9,12,17H,6,8,10-11H2,1-5H3. The van der Waals surface area contributed by atoms with E-state index in [0.29, 0.717) is 5.92 Å². The van der Waals surface area contributed by atoms with Gasteiger partial charge >= 0.3 is 0 Å². The number of nitrogens with one attached hydrogen (secondary N) is 1. The maximum Gasteiger partial charge on any atom is 0.110 e. The minimum atomic E-state index is 0.670. The van der Waals surface area contributed by atoms with Crippen molar-refractivity contribution >= 4 is 0 Å². The summed E-state index contributed by atoms with van der Waals surface area (Å²) >= 11 is 0. The molecule has 0 bridgehead atoms. The summed E-state index contributed by atoms with van der Waals surface area (Å²) in [5.74, 6) is 1.77. The molecule has 0 amide bonds. The zero-order valence-electron chi connectivity index (χ0n) is 13.8. The van der Waals surface area contributed by atoms with Crippen LogP contribution in [0.3, 0.4) is 0 Å². The van der Waals surface area contributed by atoms with Crippen molar-refractivity contribution in [3.8, 4) is 0 Å². The predicted molar refractivity (Wildman–Crippen MR) is 85.2 cm³/mol. The van der Waals surface area contributed by atoms with Gasteiger partial charge in [0.2, 0.25) is 0 Å². The highest BCUT2D eigenvalue weighted by Gasteiger charge is 2.11. The lowest BCUT2D eigenvalue weighted by Gasteiger charge is -2.08. The molecule has 0 radical (unpaired) electrons. The number of aromatic nitrogens is 4. The van der Waals surface area contributed by atoms with Gasteiger partial charge < -0.3 is 9.88 Å². The summed E-state index contributed by atoms with van der Waals surface area (Å²) in [5, 5.41) is 8.18. The summed E-state index contributed by atoms with van der Waals surface area (Å²) < 4.78 is 4.17. The largest absolute Gasteiger partial charge is 0.338 e. The summed E-state index contributed by atoms with van der Waals surface area (Å²) in [4.78, 5) is 4.37. The summed E-state index contributed by atoms with van der Waals surface area (Å²) in [6, 6.07) is 0. The van der Waals surface area contributed by atoms with Gasteiger partial charge in [0.15, 0.2) is 0 Å². The molecule has 0 unspecified atom stereocenters. The van der Waals surface area contributed by atoms with E-state index in [2.05, 4.69) is 52.3 Å². The van der Waals surface area contributed by atoms with Crippen LogP contribution in [0.5, 0.6) is 0 Å². The molecule has 0 aliphatic heterocycles. The molecule has 0 saturated heterocycles. The third kappa shape index (κ3) is 3.94. The van der Waals surface area contributed by atoms with Crippen LogP contribution in [-0.4, -0.2) is 25.9 Å². The van der Waals surface area contributed by atoms with Gasteiger partial charge in [-0.15, -0.1) is 0 Å². The van der Waals surface area contributed by atoms with E-state index in [4.69, 9.17) is 0 Å². The van der Waals surface area contributed by atoms with E-state index in [1.807, 2.05) is 19.4 Å². The van der Waals surface area contributed by atoms with E-state index in [9.17, 15) is 0 Å². The predicted octanol–water partition coefficient (Wildman–Crippen LogP) is 2.22. The van der Waals surface area contributed by atoms with Gasteiger partial charge in [-0.1, -0.05) is 13.8 Å². The van der Waals surface area contributed by atoms with E-state index >= 15 is 0 Å². The Hall–Kier alpha value is -1.62. The molecule has 0 aromatic carbocycles. The summed E-state index contributed by atoms with van der Waals surface area (Å²) in [7, 11) is 2.03. The van der Waals surface area contributed by atoms with Crippen molar-refractivity contribution in [3.63, 3.8) is 0 Å². The first kappa shape index (κ1) is 15.8. The maximum absolute atomic E-state index is 4.68. The third-order valence-corrected chi connectivity index (χ3v) is 3.85. The fourth-order valence-electron chi connectivity index (χ4n) is 2.54. The Kier molecular flexibility index (Phi) is 5.17. The smallest absolute Gasteiger partial charge is 0.110 e. The molecule has 0 fully saturated rings. The number of rotatable bonds is 7. The van der Waals surface area contributed by atoms with Crippen molar-refractivity contribution in [2.24, 2.45) is 13.0 Å². The normalized spacial score (nSPS) is 11.5. The summed E-state index contributed by atoms with van der Waals surface area (Å²) in [5.41, 5.74) is 3.72. The Morgan fingerprint density at radius 3 is 2.67 bits per heavy atom. The van der Waals surface area contributed by atoms with Crippen molar-refractivity contribution < 1.29 is 0 Å². The molecule has 0 aliphatic carbocycles. The van der Waals surface area contributed by atoms with Crippen LogP contribution in [0.15, 0.2) is 12.4 Å². The number of aryl methyl sites for hydroxylation is 4. The second-order valence-electron chi connectivity index (χ2n) is 6.10. The van der Waals surface area contributed by atoms with Gasteiger partial charge in [-0.2, -0.15) is 5.10 Å². The second-order valence-corrected chi connectivity index (χ2v) is 6.10. The number of imidazole rings is 1. The number of nitrogens with zero attached hydrogens (tertiary/aromatic N) is 4. The van der Waals surface area contributed by atoms with E-state index in [-0.39, 0.29) is 0 Å². The van der Waals surface area contributed by atoms with Gasteiger partial charge in [0.25, 0.3) is 0 Å². The molecule has 0 aliphatic rings. The van der Waals surface area contributed by atoms with Gasteiger partial charge in [-0.05, 0) is 26.3 Å². The lowest BCUT2D eigenvalue weighted by Crippen LogP contribution is -2.19. The molecule has 0 atom stereocenters. The van der Waals surface area contributed by atoms with Crippen molar-refractivity contribution in [1.29, 1.82) is 0 Å². The average molecular weight is 289 g/mol. The van der Waals surface area contributed by atoms with Gasteiger partial charge in [0.1, 0.15) is 5.82 Å². The Morgan fingerprint density at radius 1 is 1.29 bits per heavy atom. The van der Waals surface area contributed by atoms with Crippen LogP contribution in [0.25, 0.3) is 0 Å². The Morgan fingerprint density at radius 2 is 2.05 bits per heavy atom. The quantitative estimate of drug-likeness (QED) is 0.850. The Labute approximate surface area is 127 Å². The molecule has 116 valence electrons. The topological polar surface area (TPSA) is 47.7 Å². The minimum absolute atomic E-state index is 0.670. The van der Waals surface area contributed by atoms with Crippen LogP contribution in [0.4, 0.5) is 0 Å². The van der Waals surface area contributed by atoms with Crippen LogP contribution in [0.2, 0.25) is 0 Å². The zero-order chi connectivity index (χ0) is 15.4. The fourth-order valence-corrected chi connectivity index (χ4v) is 2.54. The molecule has 21 heavy (non-hydrogen) atoms. The summed E-state index contributed by atoms with van der Waals surface area (Å²) in [6.07, 6.45) is 4.74. The molecule has 2 heterocycles. The molecule has 5 nitrogen and oxygen atoms in total. The molecule has 0 saturated carbocycles. The van der Waals surface area contributed by atoms with Crippen LogP contribution >= 0.6 is 0 Å². The van der Waals surface area contributed by atoms with Crippen LogP contribution < -0.4 is 5.32 Å². The minimum Gasteiger partial charge on any atom is -0.338 e. The molecular formula is C16H27N5. The Bertz CT molecular complexity index is 580. The van der Waals surface area contributed by atoms with Gasteiger partial charge in [0, 0.05) is 50.2 Å². The van der Waals surface area contributed by atoms with Crippen molar-refractivity contribution in [1.82, 2.24) is 24.6 Å². The first-order chi connectivity index (χ1) is 9.99. The SMILES string of the molecule is Cc1nn(CCc2nccn2C)c(C)c1CNCC(C)C. The average Bonchev–Trinajstić information content (AvgIpc) is 2.94. The van der Waals surface area contributed by atoms with E-state index < -0.39 is 0 Å². The fraction of sp³-hybridized carbons (Fsp3) is 0.625. The van der Waals surface area contributed by atoms with Gasteiger partial charge in [-0.25, -0.2) is 4.98 Å². The molecule has 2 aromatic heterocycles. The number of hydrogen-bond acceptors (Lipinski definition) is 3. The first-order valence-corrected chi connectivity index (χ1v) is 7.68. The molecule has 0 spiro atoms. The molecule has 1 N–H and O–H groups in total. The molecular weight excluding hydrogens is 262 g/mol. The second kappa shape index (κ2) is 6.89. The van der Waals surface area contributed by atoms with E-state index in [1.165, 1.54) is 11.3 Å². The van der Waals surface area contributed by atoms with Crippen molar-refractivity contribution in [2.75, 3.05) is 6.54 Å². The molecule has 2 rings (SSSR count). The molecule has 5 heteroatoms. The first-order valence-electron chi connectivity index (χ1n) is 7.68. The van der Waals surface area contributed by atoms with Crippen molar-refractivity contribution in [2.45, 2.75) is 47.2 Å². The highest BCUT2D eigenvalue weighted by Crippen LogP contribution is 2.13. The molecule has 2 aromatic rings.